The van der Waals surface area contributed by atoms with Gasteiger partial charge in [-0.1, -0.05) is 19.9 Å². The molecule has 0 spiro atoms. The zero-order chi connectivity index (χ0) is 19.1. The Balaban J connectivity index is 1.98. The largest absolute Gasteiger partial charge is 0.479 e. The van der Waals surface area contributed by atoms with Crippen LogP contribution in [0.1, 0.15) is 37.6 Å². The van der Waals surface area contributed by atoms with Crippen molar-refractivity contribution in [2.75, 3.05) is 6.61 Å². The van der Waals surface area contributed by atoms with E-state index in [1.807, 2.05) is 6.92 Å². The molecule has 2 unspecified atom stereocenters. The minimum Gasteiger partial charge on any atom is -0.479 e. The number of carbonyl (C=O) groups is 2. The number of aromatic nitrogens is 1. The van der Waals surface area contributed by atoms with E-state index >= 15 is 0 Å². The molecule has 1 amide bonds. The average molecular weight is 360 g/mol. The number of aliphatic carboxylic acids is 1. The Hall–Kier alpha value is -2.54. The van der Waals surface area contributed by atoms with E-state index in [-0.39, 0.29) is 18.1 Å². The number of carboxylic acids is 1. The number of nitrogens with one attached hydrogen (secondary N) is 1. The monoisotopic (exact) mass is 360 g/mol. The number of hydrogen-bond acceptors (Lipinski definition) is 4. The Morgan fingerprint density at radius 1 is 1.42 bits per heavy atom. The highest BCUT2D eigenvalue weighted by atomic mass is 19.1. The van der Waals surface area contributed by atoms with Crippen molar-refractivity contribution in [2.45, 2.75) is 38.8 Å². The Labute approximate surface area is 150 Å². The van der Waals surface area contributed by atoms with Gasteiger partial charge < -0.3 is 15.2 Å². The van der Waals surface area contributed by atoms with Gasteiger partial charge in [0.15, 0.2) is 0 Å². The van der Waals surface area contributed by atoms with E-state index in [0.717, 1.165) is 6.07 Å². The first kappa shape index (κ1) is 18.3. The second kappa shape index (κ2) is 6.32. The Morgan fingerprint density at radius 2 is 2.15 bits per heavy atom. The first-order chi connectivity index (χ1) is 12.2. The minimum absolute atomic E-state index is 0.0110. The zero-order valence-electron chi connectivity index (χ0n) is 14.9. The molecule has 1 saturated carbocycles. The van der Waals surface area contributed by atoms with E-state index in [2.05, 4.69) is 10.3 Å². The van der Waals surface area contributed by atoms with Gasteiger partial charge in [0.2, 0.25) is 0 Å². The summed E-state index contributed by atoms with van der Waals surface area (Å²) in [7, 11) is 0. The third kappa shape index (κ3) is 2.63. The summed E-state index contributed by atoms with van der Waals surface area (Å²) in [5, 5.41) is 12.9. The van der Waals surface area contributed by atoms with Crippen LogP contribution in [0.2, 0.25) is 0 Å². The van der Waals surface area contributed by atoms with E-state index in [0.29, 0.717) is 17.5 Å². The SMILES string of the molecule is CCOC1CC(NC(=O)c2cc(F)cc3cccnc23)(C(=O)O)C1(C)C. The van der Waals surface area contributed by atoms with Crippen molar-refractivity contribution >= 4 is 22.8 Å². The highest BCUT2D eigenvalue weighted by Crippen LogP contribution is 2.51. The number of ether oxygens (including phenoxy) is 1. The molecule has 0 aliphatic heterocycles. The average Bonchev–Trinajstić information content (AvgIpc) is 2.59. The number of pyridine rings is 1. The maximum Gasteiger partial charge on any atom is 0.330 e. The highest BCUT2D eigenvalue weighted by Gasteiger charge is 2.66. The third-order valence-corrected chi connectivity index (χ3v) is 5.37. The first-order valence-electron chi connectivity index (χ1n) is 8.44. The number of amides is 1. The van der Waals surface area contributed by atoms with Crippen LogP contribution in [-0.2, 0) is 9.53 Å². The minimum atomic E-state index is -1.49. The third-order valence-electron chi connectivity index (χ3n) is 5.37. The quantitative estimate of drug-likeness (QED) is 0.856. The predicted octanol–water partition coefficient (Wildman–Crippen LogP) is 2.76. The number of nitrogens with zero attached hydrogens (tertiary/aromatic N) is 1. The van der Waals surface area contributed by atoms with Crippen LogP contribution < -0.4 is 5.32 Å². The maximum atomic E-state index is 13.9. The second-order valence-electron chi connectivity index (χ2n) is 7.06. The van der Waals surface area contributed by atoms with Gasteiger partial charge in [-0.15, -0.1) is 0 Å². The fourth-order valence-corrected chi connectivity index (χ4v) is 3.63. The fourth-order valence-electron chi connectivity index (χ4n) is 3.63. The standard InChI is InChI=1S/C19H21FN2O4/c1-4-26-14-10-19(17(24)25,18(14,2)3)22-16(23)13-9-12(20)8-11-6-5-7-21-15(11)13/h5-9,14H,4,10H2,1-3H3,(H,22,23)(H,24,25). The highest BCUT2D eigenvalue weighted by molar-refractivity contribution is 6.07. The number of carbonyl (C=O) groups excluding carboxylic acids is 1. The van der Waals surface area contributed by atoms with Crippen molar-refractivity contribution in [3.05, 3.63) is 41.8 Å². The molecule has 1 fully saturated rings. The molecule has 26 heavy (non-hydrogen) atoms. The van der Waals surface area contributed by atoms with Crippen molar-refractivity contribution in [3.63, 3.8) is 0 Å². The second-order valence-corrected chi connectivity index (χ2v) is 7.06. The molecule has 2 atom stereocenters. The maximum absolute atomic E-state index is 13.9. The number of fused-ring (bicyclic) bond motifs is 1. The Bertz CT molecular complexity index is 883. The predicted molar refractivity (Wildman–Crippen MR) is 93.3 cm³/mol. The Morgan fingerprint density at radius 3 is 2.77 bits per heavy atom. The van der Waals surface area contributed by atoms with Gasteiger partial charge in [0.25, 0.3) is 5.91 Å². The molecule has 1 aromatic heterocycles. The van der Waals surface area contributed by atoms with Gasteiger partial charge in [-0.05, 0) is 25.1 Å². The molecule has 0 saturated heterocycles. The van der Waals surface area contributed by atoms with Crippen molar-refractivity contribution in [1.29, 1.82) is 0 Å². The van der Waals surface area contributed by atoms with Gasteiger partial charge in [-0.3, -0.25) is 9.78 Å². The molecule has 1 heterocycles. The normalized spacial score (nSPS) is 24.1. The van der Waals surface area contributed by atoms with E-state index in [9.17, 15) is 19.1 Å². The fraction of sp³-hybridized carbons (Fsp3) is 0.421. The topological polar surface area (TPSA) is 88.5 Å². The lowest BCUT2D eigenvalue weighted by atomic mass is 9.54. The van der Waals surface area contributed by atoms with E-state index in [1.54, 1.807) is 26.0 Å². The van der Waals surface area contributed by atoms with E-state index < -0.39 is 28.6 Å². The summed E-state index contributed by atoms with van der Waals surface area (Å²) in [5.41, 5.74) is -1.97. The van der Waals surface area contributed by atoms with Crippen LogP contribution in [0, 0.1) is 11.2 Å². The van der Waals surface area contributed by atoms with Crippen LogP contribution in [0.4, 0.5) is 4.39 Å². The summed E-state index contributed by atoms with van der Waals surface area (Å²) >= 11 is 0. The lowest BCUT2D eigenvalue weighted by Crippen LogP contribution is -2.76. The van der Waals surface area contributed by atoms with Crippen molar-refractivity contribution in [3.8, 4) is 0 Å². The van der Waals surface area contributed by atoms with Crippen LogP contribution in [0.15, 0.2) is 30.5 Å². The molecular weight excluding hydrogens is 339 g/mol. The van der Waals surface area contributed by atoms with Gasteiger partial charge >= 0.3 is 5.97 Å². The summed E-state index contributed by atoms with van der Waals surface area (Å²) in [6, 6.07) is 5.65. The number of halogens is 1. The molecule has 2 N–H and O–H groups in total. The van der Waals surface area contributed by atoms with Crippen LogP contribution in [0.3, 0.4) is 0 Å². The van der Waals surface area contributed by atoms with Crippen LogP contribution in [0.25, 0.3) is 10.9 Å². The molecule has 6 nitrogen and oxygen atoms in total. The molecular formula is C19H21FN2O4. The summed E-state index contributed by atoms with van der Waals surface area (Å²) < 4.78 is 19.5. The Kier molecular flexibility index (Phi) is 4.44. The molecule has 1 aliphatic rings. The number of benzene rings is 1. The number of rotatable bonds is 5. The summed E-state index contributed by atoms with van der Waals surface area (Å²) in [4.78, 5) is 29.0. The van der Waals surface area contributed by atoms with Gasteiger partial charge in [0, 0.05) is 30.0 Å². The van der Waals surface area contributed by atoms with Crippen LogP contribution in [-0.4, -0.2) is 40.2 Å². The van der Waals surface area contributed by atoms with Crippen LogP contribution in [0.5, 0.6) is 0 Å². The van der Waals surface area contributed by atoms with Crippen molar-refractivity contribution in [2.24, 2.45) is 5.41 Å². The number of hydrogen-bond donors (Lipinski definition) is 2. The summed E-state index contributed by atoms with van der Waals surface area (Å²) in [5.74, 6) is -2.39. The van der Waals surface area contributed by atoms with Gasteiger partial charge in [0.05, 0.1) is 17.2 Å². The van der Waals surface area contributed by atoms with Crippen molar-refractivity contribution in [1.82, 2.24) is 10.3 Å². The number of carboxylic acid groups (broad SMARTS) is 1. The lowest BCUT2D eigenvalue weighted by molar-refractivity contribution is -0.190. The van der Waals surface area contributed by atoms with Gasteiger partial charge in [-0.25, -0.2) is 9.18 Å². The van der Waals surface area contributed by atoms with E-state index in [4.69, 9.17) is 4.74 Å². The van der Waals surface area contributed by atoms with Gasteiger partial charge in [0.1, 0.15) is 11.4 Å². The smallest absolute Gasteiger partial charge is 0.330 e. The molecule has 1 aromatic carbocycles. The molecule has 0 radical (unpaired) electrons. The van der Waals surface area contributed by atoms with Crippen molar-refractivity contribution < 1.29 is 23.8 Å². The molecule has 7 heteroatoms. The first-order valence-corrected chi connectivity index (χ1v) is 8.44. The van der Waals surface area contributed by atoms with Crippen LogP contribution >= 0.6 is 0 Å². The molecule has 1 aliphatic carbocycles. The summed E-state index contributed by atoms with van der Waals surface area (Å²) in [6.07, 6.45) is 1.36. The molecule has 2 aromatic rings. The summed E-state index contributed by atoms with van der Waals surface area (Å²) in [6.45, 7) is 5.77. The molecule has 3 rings (SSSR count). The van der Waals surface area contributed by atoms with Gasteiger partial charge in [-0.2, -0.15) is 0 Å². The zero-order valence-corrected chi connectivity index (χ0v) is 14.9. The van der Waals surface area contributed by atoms with E-state index in [1.165, 1.54) is 12.3 Å². The lowest BCUT2D eigenvalue weighted by Gasteiger charge is -2.58. The molecule has 138 valence electrons. The molecule has 0 bridgehead atoms.